The van der Waals surface area contributed by atoms with Gasteiger partial charge in [0.2, 0.25) is 0 Å². The molecule has 0 unspecified atom stereocenters. The normalized spacial score (nSPS) is 10.5. The first-order valence-corrected chi connectivity index (χ1v) is 4.49. The quantitative estimate of drug-likeness (QED) is 0.722. The number of hydrogen-bond donors (Lipinski definition) is 0. The number of rotatable bonds is 3. The van der Waals surface area contributed by atoms with Crippen molar-refractivity contribution in [3.8, 4) is 5.75 Å². The van der Waals surface area contributed by atoms with Crippen molar-refractivity contribution in [2.75, 3.05) is 0 Å². The summed E-state index contributed by atoms with van der Waals surface area (Å²) in [6.45, 7) is 1.78. The average Bonchev–Trinajstić information content (AvgIpc) is 2.11. The Kier molecular flexibility index (Phi) is 3.39. The van der Waals surface area contributed by atoms with E-state index in [2.05, 4.69) is 4.74 Å². The molecule has 1 aromatic carbocycles. The van der Waals surface area contributed by atoms with Gasteiger partial charge in [-0.1, -0.05) is 12.1 Å². The number of carbonyl (C=O) groups excluding carboxylic acids is 1. The number of ether oxygens (including phenoxy) is 1. The maximum atomic E-state index is 12.1. The first-order chi connectivity index (χ1) is 6.93. The zero-order chi connectivity index (χ0) is 11.6. The predicted octanol–water partition coefficient (Wildman–Crippen LogP) is 3.11. The molecule has 0 amide bonds. The number of carbonyl (C=O) groups is 1. The van der Waals surface area contributed by atoms with Crippen LogP contribution in [0.5, 0.6) is 5.75 Å². The molecule has 0 heterocycles. The highest BCUT2D eigenvalue weighted by atomic mass is 19.3. The highest BCUT2D eigenvalue weighted by Crippen LogP contribution is 2.27. The molecule has 0 aliphatic rings. The van der Waals surface area contributed by atoms with Crippen molar-refractivity contribution in [3.05, 3.63) is 28.8 Å². The van der Waals surface area contributed by atoms with E-state index in [0.29, 0.717) is 16.7 Å². The fraction of sp³-hybridized carbons (Fsp3) is 0.364. The number of halogens is 2. The topological polar surface area (TPSA) is 26.3 Å². The molecule has 0 saturated carbocycles. The van der Waals surface area contributed by atoms with E-state index >= 15 is 0 Å². The van der Waals surface area contributed by atoms with Crippen molar-refractivity contribution in [2.24, 2.45) is 0 Å². The van der Waals surface area contributed by atoms with Crippen molar-refractivity contribution >= 4 is 5.78 Å². The first kappa shape index (κ1) is 11.6. The van der Waals surface area contributed by atoms with Crippen LogP contribution >= 0.6 is 0 Å². The van der Waals surface area contributed by atoms with E-state index in [1.54, 1.807) is 26.0 Å². The molecule has 0 atom stereocenters. The number of benzene rings is 1. The molecular weight excluding hydrogens is 202 g/mol. The molecule has 0 aliphatic carbocycles. The summed E-state index contributed by atoms with van der Waals surface area (Å²) in [6, 6.07) is 3.22. The summed E-state index contributed by atoms with van der Waals surface area (Å²) < 4.78 is 28.6. The maximum Gasteiger partial charge on any atom is 0.387 e. The van der Waals surface area contributed by atoms with Gasteiger partial charge in [-0.25, -0.2) is 0 Å². The highest BCUT2D eigenvalue weighted by Gasteiger charge is 2.14. The lowest BCUT2D eigenvalue weighted by molar-refractivity contribution is -0.0507. The molecule has 0 spiro atoms. The number of Topliss-reactive ketones (excluding diaryl/α,β-unsaturated/α-hetero) is 1. The van der Waals surface area contributed by atoms with E-state index in [0.717, 1.165) is 0 Å². The van der Waals surface area contributed by atoms with Crippen molar-refractivity contribution in [2.45, 2.75) is 27.4 Å². The maximum absolute atomic E-state index is 12.1. The van der Waals surface area contributed by atoms with E-state index in [1.807, 2.05) is 0 Å². The molecule has 0 aromatic heterocycles. The summed E-state index contributed by atoms with van der Waals surface area (Å²) in [4.78, 5) is 11.2. The van der Waals surface area contributed by atoms with Crippen molar-refractivity contribution in [1.29, 1.82) is 0 Å². The third-order valence-corrected chi connectivity index (χ3v) is 2.19. The van der Waals surface area contributed by atoms with Gasteiger partial charge in [-0.15, -0.1) is 0 Å². The number of hydrogen-bond acceptors (Lipinski definition) is 2. The minimum absolute atomic E-state index is 0.0951. The Morgan fingerprint density at radius 1 is 1.33 bits per heavy atom. The van der Waals surface area contributed by atoms with Crippen LogP contribution in [0, 0.1) is 13.8 Å². The average molecular weight is 214 g/mol. The third-order valence-electron chi connectivity index (χ3n) is 2.19. The number of ketones is 1. The largest absolute Gasteiger partial charge is 0.434 e. The second-order valence-electron chi connectivity index (χ2n) is 3.32. The molecule has 0 N–H and O–H groups in total. The summed E-state index contributed by atoms with van der Waals surface area (Å²) in [5.74, 6) is -0.0654. The molecule has 0 saturated heterocycles. The minimum atomic E-state index is -2.87. The number of alkyl halides is 2. The molecule has 82 valence electrons. The van der Waals surface area contributed by atoms with Gasteiger partial charge in [0.1, 0.15) is 5.75 Å². The Labute approximate surface area is 86.9 Å². The molecule has 15 heavy (non-hydrogen) atoms. The van der Waals surface area contributed by atoms with Gasteiger partial charge >= 0.3 is 6.61 Å². The van der Waals surface area contributed by atoms with Crippen LogP contribution in [0.15, 0.2) is 12.1 Å². The SMILES string of the molecule is CC(=O)c1ccc(C)c(OC(F)F)c1C. The minimum Gasteiger partial charge on any atom is -0.434 e. The lowest BCUT2D eigenvalue weighted by Crippen LogP contribution is -2.07. The first-order valence-electron chi connectivity index (χ1n) is 4.49. The van der Waals surface area contributed by atoms with Gasteiger partial charge in [0, 0.05) is 11.1 Å². The zero-order valence-corrected chi connectivity index (χ0v) is 8.80. The summed E-state index contributed by atoms with van der Waals surface area (Å²) in [6.07, 6.45) is 0. The Bertz CT molecular complexity index is 386. The monoisotopic (exact) mass is 214 g/mol. The van der Waals surface area contributed by atoms with Crippen LogP contribution in [-0.2, 0) is 0 Å². The Balaban J connectivity index is 3.24. The smallest absolute Gasteiger partial charge is 0.387 e. The van der Waals surface area contributed by atoms with Crippen LogP contribution in [-0.4, -0.2) is 12.4 Å². The van der Waals surface area contributed by atoms with Crippen LogP contribution in [0.4, 0.5) is 8.78 Å². The standard InChI is InChI=1S/C11H12F2O2/c1-6-4-5-9(8(3)14)7(2)10(6)15-11(12)13/h4-5,11H,1-3H3. The van der Waals surface area contributed by atoms with E-state index in [9.17, 15) is 13.6 Å². The molecule has 4 heteroatoms. The van der Waals surface area contributed by atoms with Gasteiger partial charge in [0.25, 0.3) is 0 Å². The molecule has 0 aliphatic heterocycles. The summed E-state index contributed by atoms with van der Waals surface area (Å²) in [5.41, 5.74) is 1.47. The predicted molar refractivity (Wildman–Crippen MR) is 52.6 cm³/mol. The van der Waals surface area contributed by atoms with E-state index in [1.165, 1.54) is 6.92 Å². The second kappa shape index (κ2) is 4.38. The van der Waals surface area contributed by atoms with E-state index < -0.39 is 6.61 Å². The fourth-order valence-corrected chi connectivity index (χ4v) is 1.48. The van der Waals surface area contributed by atoms with Crippen LogP contribution in [0.25, 0.3) is 0 Å². The highest BCUT2D eigenvalue weighted by molar-refractivity contribution is 5.96. The van der Waals surface area contributed by atoms with Gasteiger partial charge in [-0.05, 0) is 26.3 Å². The van der Waals surface area contributed by atoms with E-state index in [4.69, 9.17) is 0 Å². The van der Waals surface area contributed by atoms with Gasteiger partial charge in [0.15, 0.2) is 5.78 Å². The molecule has 0 fully saturated rings. The summed E-state index contributed by atoms with van der Waals surface area (Å²) in [7, 11) is 0. The van der Waals surface area contributed by atoms with Gasteiger partial charge in [0.05, 0.1) is 0 Å². The lowest BCUT2D eigenvalue weighted by Gasteiger charge is -2.13. The summed E-state index contributed by atoms with van der Waals surface area (Å²) in [5, 5.41) is 0. The van der Waals surface area contributed by atoms with Crippen LogP contribution in [0.1, 0.15) is 28.4 Å². The Morgan fingerprint density at radius 2 is 1.93 bits per heavy atom. The Morgan fingerprint density at radius 3 is 2.40 bits per heavy atom. The summed E-state index contributed by atoms with van der Waals surface area (Å²) >= 11 is 0. The van der Waals surface area contributed by atoms with Gasteiger partial charge in [-0.3, -0.25) is 4.79 Å². The Hall–Kier alpha value is -1.45. The molecule has 0 radical (unpaired) electrons. The zero-order valence-electron chi connectivity index (χ0n) is 8.80. The molecule has 1 aromatic rings. The molecule has 1 rings (SSSR count). The van der Waals surface area contributed by atoms with Gasteiger partial charge < -0.3 is 4.74 Å². The van der Waals surface area contributed by atoms with Crippen molar-refractivity contribution < 1.29 is 18.3 Å². The molecule has 0 bridgehead atoms. The van der Waals surface area contributed by atoms with E-state index in [-0.39, 0.29) is 11.5 Å². The lowest BCUT2D eigenvalue weighted by atomic mass is 10.0. The molecule has 2 nitrogen and oxygen atoms in total. The van der Waals surface area contributed by atoms with Crippen molar-refractivity contribution in [1.82, 2.24) is 0 Å². The van der Waals surface area contributed by atoms with Crippen LogP contribution in [0.3, 0.4) is 0 Å². The second-order valence-corrected chi connectivity index (χ2v) is 3.32. The van der Waals surface area contributed by atoms with Gasteiger partial charge in [-0.2, -0.15) is 8.78 Å². The van der Waals surface area contributed by atoms with Crippen LogP contribution in [0.2, 0.25) is 0 Å². The third kappa shape index (κ3) is 2.52. The number of aryl methyl sites for hydroxylation is 1. The van der Waals surface area contributed by atoms with Crippen LogP contribution < -0.4 is 4.74 Å². The van der Waals surface area contributed by atoms with Crippen molar-refractivity contribution in [3.63, 3.8) is 0 Å². The molecular formula is C11H12F2O2. The fourth-order valence-electron chi connectivity index (χ4n) is 1.48.